The van der Waals surface area contributed by atoms with Gasteiger partial charge in [-0.05, 0) is 39.8 Å². The van der Waals surface area contributed by atoms with Crippen LogP contribution in [-0.4, -0.2) is 44.4 Å². The van der Waals surface area contributed by atoms with E-state index < -0.39 is 17.4 Å². The van der Waals surface area contributed by atoms with Crippen LogP contribution in [0.2, 0.25) is 0 Å². The van der Waals surface area contributed by atoms with Crippen molar-refractivity contribution in [3.63, 3.8) is 0 Å². The van der Waals surface area contributed by atoms with E-state index in [4.69, 9.17) is 20.7 Å². The lowest BCUT2D eigenvalue weighted by atomic mass is 9.97. The predicted octanol–water partition coefficient (Wildman–Crippen LogP) is 2.12. The average Bonchev–Trinajstić information content (AvgIpc) is 2.94. The number of carboxylic acid groups (broad SMARTS) is 2. The number of nitrogens with two attached hydrogens (primary N) is 1. The third kappa shape index (κ3) is 7.58. The molecule has 28 heavy (non-hydrogen) atoms. The Kier molecular flexibility index (Phi) is 7.87. The monoisotopic (exact) mass is 391 g/mol. The number of fused-ring (bicyclic) bond motifs is 1. The maximum atomic E-state index is 11.9. The summed E-state index contributed by atoms with van der Waals surface area (Å²) in [5.41, 5.74) is 7.06. The topological polar surface area (TPSA) is 156 Å². The lowest BCUT2D eigenvalue weighted by Crippen LogP contribution is -2.25. The summed E-state index contributed by atoms with van der Waals surface area (Å²) < 4.78 is 5.36. The molecule has 0 aliphatic carbocycles. The molecule has 1 unspecified atom stereocenters. The minimum Gasteiger partial charge on any atom is -0.478 e. The second-order valence-electron chi connectivity index (χ2n) is 7.21. The van der Waals surface area contributed by atoms with E-state index in [1.165, 1.54) is 0 Å². The van der Waals surface area contributed by atoms with Crippen LogP contribution in [0.15, 0.2) is 30.4 Å². The van der Waals surface area contributed by atoms with Crippen LogP contribution in [0.4, 0.5) is 0 Å². The fourth-order valence-electron chi connectivity index (χ4n) is 1.99. The molecule has 2 aromatic rings. The van der Waals surface area contributed by atoms with E-state index in [1.807, 2.05) is 33.8 Å². The van der Waals surface area contributed by atoms with Crippen LogP contribution in [0.5, 0.6) is 5.75 Å². The van der Waals surface area contributed by atoms with Gasteiger partial charge in [-0.3, -0.25) is 9.89 Å². The molecular weight excluding hydrogens is 366 g/mol. The van der Waals surface area contributed by atoms with Crippen molar-refractivity contribution in [1.82, 2.24) is 10.2 Å². The van der Waals surface area contributed by atoms with Gasteiger partial charge in [0.05, 0.1) is 10.9 Å². The number of rotatable bonds is 5. The van der Waals surface area contributed by atoms with E-state index in [2.05, 4.69) is 10.2 Å². The summed E-state index contributed by atoms with van der Waals surface area (Å²) in [6.07, 6.45) is 1.85. The van der Waals surface area contributed by atoms with E-state index in [-0.39, 0.29) is 12.0 Å². The second-order valence-corrected chi connectivity index (χ2v) is 7.21. The molecule has 0 amide bonds. The first-order valence-electron chi connectivity index (χ1n) is 8.49. The Bertz CT molecular complexity index is 861. The molecule has 5 N–H and O–H groups in total. The minimum absolute atomic E-state index is 0.0667. The molecule has 0 aliphatic rings. The van der Waals surface area contributed by atoms with Gasteiger partial charge < -0.3 is 20.7 Å². The van der Waals surface area contributed by atoms with Crippen molar-refractivity contribution in [3.05, 3.63) is 36.0 Å². The zero-order chi connectivity index (χ0) is 21.5. The van der Waals surface area contributed by atoms with Crippen molar-refractivity contribution in [2.45, 2.75) is 40.2 Å². The zero-order valence-electron chi connectivity index (χ0n) is 16.2. The third-order valence-corrected chi connectivity index (χ3v) is 3.32. The smallest absolute Gasteiger partial charge is 0.328 e. The first kappa shape index (κ1) is 22.8. The Balaban J connectivity index is 0.000000416. The van der Waals surface area contributed by atoms with Gasteiger partial charge >= 0.3 is 17.9 Å². The van der Waals surface area contributed by atoms with Crippen LogP contribution in [0.25, 0.3) is 10.9 Å². The van der Waals surface area contributed by atoms with Gasteiger partial charge in [0.1, 0.15) is 5.75 Å². The molecule has 0 spiro atoms. The average molecular weight is 391 g/mol. The van der Waals surface area contributed by atoms with Gasteiger partial charge in [-0.2, -0.15) is 5.10 Å². The van der Waals surface area contributed by atoms with Crippen LogP contribution in [-0.2, 0) is 20.8 Å². The number of nitrogens with one attached hydrogen (secondary N) is 1. The van der Waals surface area contributed by atoms with Gasteiger partial charge in [0.15, 0.2) is 0 Å². The first-order chi connectivity index (χ1) is 12.9. The molecule has 1 atom stereocenters. The number of ether oxygens (including phenoxy) is 1. The van der Waals surface area contributed by atoms with Crippen molar-refractivity contribution in [1.29, 1.82) is 0 Å². The number of carbonyl (C=O) groups is 3. The maximum Gasteiger partial charge on any atom is 0.328 e. The summed E-state index contributed by atoms with van der Waals surface area (Å²) >= 11 is 0. The van der Waals surface area contributed by atoms with Crippen LogP contribution in [0, 0.1) is 5.41 Å². The fourth-order valence-corrected chi connectivity index (χ4v) is 1.99. The number of carbonyl (C=O) groups excluding carboxylic acids is 1. The number of H-pyrrole nitrogens is 1. The molecule has 152 valence electrons. The Morgan fingerprint density at radius 2 is 1.79 bits per heavy atom. The summed E-state index contributed by atoms with van der Waals surface area (Å²) in [6, 6.07) is 5.52. The molecule has 9 heteroatoms. The highest BCUT2D eigenvalue weighted by Gasteiger charge is 2.24. The summed E-state index contributed by atoms with van der Waals surface area (Å²) in [7, 11) is 0. The zero-order valence-corrected chi connectivity index (χ0v) is 16.2. The van der Waals surface area contributed by atoms with Gasteiger partial charge in [0.2, 0.25) is 0 Å². The third-order valence-electron chi connectivity index (χ3n) is 3.32. The molecule has 0 saturated heterocycles. The summed E-state index contributed by atoms with van der Waals surface area (Å²) in [5.74, 6) is -2.26. The molecule has 0 bridgehead atoms. The Labute approximate surface area is 162 Å². The lowest BCUT2D eigenvalue weighted by Gasteiger charge is -2.16. The fraction of sp³-hybridized carbons (Fsp3) is 0.368. The molecular formula is C19H25N3O6. The van der Waals surface area contributed by atoms with Gasteiger partial charge in [-0.15, -0.1) is 0 Å². The van der Waals surface area contributed by atoms with E-state index in [0.717, 1.165) is 23.0 Å². The van der Waals surface area contributed by atoms with E-state index in [0.29, 0.717) is 17.9 Å². The van der Waals surface area contributed by atoms with E-state index in [1.54, 1.807) is 12.1 Å². The molecule has 0 saturated carbocycles. The number of carboxylic acids is 2. The number of hydrogen-bond donors (Lipinski definition) is 4. The lowest BCUT2D eigenvalue weighted by molar-refractivity contribution is -0.143. The van der Waals surface area contributed by atoms with Crippen molar-refractivity contribution in [3.8, 4) is 5.75 Å². The molecule has 9 nitrogen and oxygen atoms in total. The molecule has 0 fully saturated rings. The van der Waals surface area contributed by atoms with Crippen molar-refractivity contribution < 1.29 is 29.3 Å². The summed E-state index contributed by atoms with van der Waals surface area (Å²) in [5, 5.41) is 23.9. The quantitative estimate of drug-likeness (QED) is 0.343. The Morgan fingerprint density at radius 1 is 1.21 bits per heavy atom. The number of nitrogens with zero attached hydrogens (tertiary/aromatic N) is 1. The number of esters is 1. The first-order valence-corrected chi connectivity index (χ1v) is 8.49. The van der Waals surface area contributed by atoms with Crippen LogP contribution < -0.4 is 10.5 Å². The molecule has 0 radical (unpaired) electrons. The van der Waals surface area contributed by atoms with Crippen LogP contribution in [0.3, 0.4) is 0 Å². The molecule has 0 aliphatic heterocycles. The van der Waals surface area contributed by atoms with Crippen molar-refractivity contribution in [2.24, 2.45) is 11.1 Å². The van der Waals surface area contributed by atoms with Gasteiger partial charge in [-0.25, -0.2) is 9.59 Å². The molecule has 1 heterocycles. The SMILES string of the molecule is CC(N)Cc1[nH]nc2cc(OC(=O)C(C)(C)C)ccc12.O=C(O)/C=C/C(=O)O. The van der Waals surface area contributed by atoms with Crippen LogP contribution >= 0.6 is 0 Å². The number of aromatic amines is 1. The van der Waals surface area contributed by atoms with Crippen LogP contribution in [0.1, 0.15) is 33.4 Å². The molecule has 1 aromatic heterocycles. The largest absolute Gasteiger partial charge is 0.478 e. The van der Waals surface area contributed by atoms with Gasteiger partial charge in [0.25, 0.3) is 0 Å². The second kappa shape index (κ2) is 9.65. The Morgan fingerprint density at radius 3 is 2.25 bits per heavy atom. The molecule has 1 aromatic carbocycles. The number of aliphatic carboxylic acids is 2. The summed E-state index contributed by atoms with van der Waals surface area (Å²) in [6.45, 7) is 7.42. The maximum absolute atomic E-state index is 11.9. The minimum atomic E-state index is -1.26. The van der Waals surface area contributed by atoms with Gasteiger partial charge in [0, 0.05) is 41.8 Å². The highest BCUT2D eigenvalue weighted by atomic mass is 16.5. The predicted molar refractivity (Wildman–Crippen MR) is 103 cm³/mol. The highest BCUT2D eigenvalue weighted by molar-refractivity contribution is 5.89. The van der Waals surface area contributed by atoms with Crippen molar-refractivity contribution in [2.75, 3.05) is 0 Å². The number of hydrogen-bond acceptors (Lipinski definition) is 6. The normalized spacial score (nSPS) is 12.3. The van der Waals surface area contributed by atoms with Gasteiger partial charge in [-0.1, -0.05) is 0 Å². The number of benzene rings is 1. The standard InChI is InChI=1S/C15H21N3O2.C4H4O4/c1-9(16)7-12-11-6-5-10(8-13(11)18-17-12)20-14(19)15(2,3)4;5-3(6)1-2-4(7)8/h5-6,8-9H,7,16H2,1-4H3,(H,17,18);1-2H,(H,5,6)(H,7,8)/b;2-1+. The van der Waals surface area contributed by atoms with E-state index >= 15 is 0 Å². The highest BCUT2D eigenvalue weighted by Crippen LogP contribution is 2.24. The van der Waals surface area contributed by atoms with Crippen molar-refractivity contribution >= 4 is 28.8 Å². The van der Waals surface area contributed by atoms with E-state index in [9.17, 15) is 14.4 Å². The number of aromatic nitrogens is 2. The molecule has 2 rings (SSSR count). The summed E-state index contributed by atoms with van der Waals surface area (Å²) in [4.78, 5) is 31.0. The Hall–Kier alpha value is -3.20.